The van der Waals surface area contributed by atoms with Gasteiger partial charge in [-0.1, -0.05) is 24.3 Å². The number of benzene rings is 2. The Morgan fingerprint density at radius 1 is 1.14 bits per heavy atom. The molecule has 1 aliphatic heterocycles. The molecular weight excluding hydrogens is 451 g/mol. The molecular formula is C26H23FN4O4. The van der Waals surface area contributed by atoms with Crippen molar-refractivity contribution in [3.05, 3.63) is 65.7 Å². The number of rotatable bonds is 4. The van der Waals surface area contributed by atoms with E-state index >= 15 is 0 Å². The molecule has 2 aromatic carbocycles. The topological polar surface area (TPSA) is 105 Å². The average molecular weight is 474 g/mol. The van der Waals surface area contributed by atoms with Crippen molar-refractivity contribution in [3.63, 3.8) is 0 Å². The van der Waals surface area contributed by atoms with Gasteiger partial charge >= 0.3 is 6.03 Å². The number of imide groups is 1. The van der Waals surface area contributed by atoms with E-state index in [2.05, 4.69) is 10.3 Å². The summed E-state index contributed by atoms with van der Waals surface area (Å²) in [4.78, 5) is 32.2. The average Bonchev–Trinajstić information content (AvgIpc) is 2.88. The van der Waals surface area contributed by atoms with E-state index in [1.165, 1.54) is 19.4 Å². The zero-order valence-electron chi connectivity index (χ0n) is 19.2. The van der Waals surface area contributed by atoms with Crippen LogP contribution in [0.3, 0.4) is 0 Å². The van der Waals surface area contributed by atoms with Crippen LogP contribution in [0, 0.1) is 23.1 Å². The summed E-state index contributed by atoms with van der Waals surface area (Å²) in [7, 11) is 2.90. The molecule has 2 heterocycles. The quantitative estimate of drug-likeness (QED) is 0.615. The number of anilines is 1. The first kappa shape index (κ1) is 22.7. The van der Waals surface area contributed by atoms with Crippen molar-refractivity contribution in [2.45, 2.75) is 30.9 Å². The molecule has 1 aliphatic carbocycles. The van der Waals surface area contributed by atoms with Crippen molar-refractivity contribution in [3.8, 4) is 11.8 Å². The maximum absolute atomic E-state index is 14.2. The third-order valence-corrected chi connectivity index (χ3v) is 7.01. The zero-order chi connectivity index (χ0) is 24.7. The molecule has 178 valence electrons. The number of pyridine rings is 1. The maximum Gasteiger partial charge on any atom is 0.329 e. The van der Waals surface area contributed by atoms with Crippen molar-refractivity contribution in [1.82, 2.24) is 10.3 Å². The smallest absolute Gasteiger partial charge is 0.329 e. The van der Waals surface area contributed by atoms with Crippen LogP contribution < -0.4 is 15.0 Å². The number of nitriles is 1. The second kappa shape index (κ2) is 8.96. The van der Waals surface area contributed by atoms with Crippen molar-refractivity contribution >= 4 is 28.4 Å². The summed E-state index contributed by atoms with van der Waals surface area (Å²) in [5, 5.41) is 14.2. The number of carbonyl (C=O) groups excluding carboxylic acids is 2. The van der Waals surface area contributed by atoms with Gasteiger partial charge in [-0.2, -0.15) is 5.26 Å². The van der Waals surface area contributed by atoms with E-state index < -0.39 is 29.9 Å². The molecule has 4 atom stereocenters. The van der Waals surface area contributed by atoms with Crippen LogP contribution in [0.4, 0.5) is 14.9 Å². The Kier molecular flexibility index (Phi) is 5.83. The van der Waals surface area contributed by atoms with Gasteiger partial charge in [0.25, 0.3) is 0 Å². The number of nitrogens with zero attached hydrogens (tertiary/aromatic N) is 3. The minimum Gasteiger partial charge on any atom is -0.494 e. The first-order valence-corrected chi connectivity index (χ1v) is 11.2. The standard InChI is InChI=1S/C26H23FN4O4/c1-34-23-10-19-21(8-18(23)17-9-24(35-2)20(27)7-15(17)11-28)30-26(33)31(25(19)32)22-13-29-12-14-5-3-4-6-16(14)22/h3-7,9,12-13,18-19,21,23H,8,10H2,1-2H3,(H,30,33). The van der Waals surface area contributed by atoms with Crippen molar-refractivity contribution < 1.29 is 23.5 Å². The summed E-state index contributed by atoms with van der Waals surface area (Å²) in [6.45, 7) is 0. The fourth-order valence-electron chi connectivity index (χ4n) is 5.31. The number of hydrogen-bond acceptors (Lipinski definition) is 6. The molecule has 3 amide bonds. The summed E-state index contributed by atoms with van der Waals surface area (Å²) in [5.74, 6) is -1.80. The Bertz CT molecular complexity index is 1370. The highest BCUT2D eigenvalue weighted by Crippen LogP contribution is 2.43. The number of aromatic nitrogens is 1. The molecule has 3 aromatic rings. The lowest BCUT2D eigenvalue weighted by Gasteiger charge is -2.45. The number of ether oxygens (including phenoxy) is 2. The van der Waals surface area contributed by atoms with Gasteiger partial charge in [0.2, 0.25) is 5.91 Å². The Balaban J connectivity index is 1.50. The Morgan fingerprint density at radius 3 is 2.69 bits per heavy atom. The van der Waals surface area contributed by atoms with E-state index in [1.807, 2.05) is 30.3 Å². The van der Waals surface area contributed by atoms with E-state index in [0.717, 1.165) is 21.7 Å². The number of halogens is 1. The fraction of sp³-hybridized carbons (Fsp3) is 0.308. The molecule has 4 unspecified atom stereocenters. The van der Waals surface area contributed by atoms with Crippen molar-refractivity contribution in [1.29, 1.82) is 5.26 Å². The molecule has 1 aromatic heterocycles. The molecule has 1 saturated heterocycles. The molecule has 9 heteroatoms. The van der Waals surface area contributed by atoms with Gasteiger partial charge < -0.3 is 14.8 Å². The lowest BCUT2D eigenvalue weighted by Crippen LogP contribution is -2.63. The fourth-order valence-corrected chi connectivity index (χ4v) is 5.31. The molecule has 0 bridgehead atoms. The van der Waals surface area contributed by atoms with E-state index in [-0.39, 0.29) is 23.1 Å². The largest absolute Gasteiger partial charge is 0.494 e. The minimum atomic E-state index is -0.629. The van der Waals surface area contributed by atoms with Gasteiger partial charge in [-0.05, 0) is 30.5 Å². The summed E-state index contributed by atoms with van der Waals surface area (Å²) >= 11 is 0. The van der Waals surface area contributed by atoms with Crippen LogP contribution in [0.15, 0.2) is 48.8 Å². The lowest BCUT2D eigenvalue weighted by molar-refractivity contribution is -0.126. The van der Waals surface area contributed by atoms with Crippen LogP contribution in [-0.4, -0.2) is 43.3 Å². The lowest BCUT2D eigenvalue weighted by atomic mass is 9.71. The molecule has 1 N–H and O–H groups in total. The molecule has 8 nitrogen and oxygen atoms in total. The van der Waals surface area contributed by atoms with Gasteiger partial charge in [0, 0.05) is 36.0 Å². The van der Waals surface area contributed by atoms with Crippen LogP contribution in [0.1, 0.15) is 29.9 Å². The van der Waals surface area contributed by atoms with Crippen LogP contribution in [-0.2, 0) is 9.53 Å². The zero-order valence-corrected chi connectivity index (χ0v) is 19.2. The summed E-state index contributed by atoms with van der Waals surface area (Å²) in [6.07, 6.45) is 3.45. The van der Waals surface area contributed by atoms with Gasteiger partial charge in [0.05, 0.1) is 42.6 Å². The van der Waals surface area contributed by atoms with Crippen LogP contribution in [0.2, 0.25) is 0 Å². The number of amides is 3. The third-order valence-electron chi connectivity index (χ3n) is 7.01. The third kappa shape index (κ3) is 3.76. The minimum absolute atomic E-state index is 0.0226. The van der Waals surface area contributed by atoms with Gasteiger partial charge in [-0.25, -0.2) is 14.1 Å². The Hall–Kier alpha value is -4.03. The highest BCUT2D eigenvalue weighted by Gasteiger charge is 2.49. The Morgan fingerprint density at radius 2 is 1.94 bits per heavy atom. The second-order valence-corrected chi connectivity index (χ2v) is 8.75. The predicted molar refractivity (Wildman–Crippen MR) is 125 cm³/mol. The van der Waals surface area contributed by atoms with Gasteiger partial charge in [-0.3, -0.25) is 9.78 Å². The van der Waals surface area contributed by atoms with Gasteiger partial charge in [-0.15, -0.1) is 0 Å². The number of urea groups is 1. The van der Waals surface area contributed by atoms with Crippen LogP contribution in [0.25, 0.3) is 10.8 Å². The predicted octanol–water partition coefficient (Wildman–Crippen LogP) is 3.89. The first-order valence-electron chi connectivity index (χ1n) is 11.2. The summed E-state index contributed by atoms with van der Waals surface area (Å²) < 4.78 is 25.1. The number of hydrogen-bond donors (Lipinski definition) is 1. The number of carbonyl (C=O) groups is 2. The first-order chi connectivity index (χ1) is 17.0. The molecule has 2 aliphatic rings. The van der Waals surface area contributed by atoms with Gasteiger partial charge in [0.15, 0.2) is 11.6 Å². The summed E-state index contributed by atoms with van der Waals surface area (Å²) in [6, 6.07) is 11.1. The van der Waals surface area contributed by atoms with Gasteiger partial charge in [0.1, 0.15) is 0 Å². The monoisotopic (exact) mass is 474 g/mol. The maximum atomic E-state index is 14.2. The van der Waals surface area contributed by atoms with E-state index in [4.69, 9.17) is 9.47 Å². The second-order valence-electron chi connectivity index (χ2n) is 8.75. The Labute approximate surface area is 201 Å². The molecule has 5 rings (SSSR count). The normalized spacial score (nSPS) is 24.0. The van der Waals surface area contributed by atoms with E-state index in [0.29, 0.717) is 24.1 Å². The van der Waals surface area contributed by atoms with E-state index in [9.17, 15) is 19.2 Å². The SMILES string of the molecule is COc1cc(C2CC3NC(=O)N(c4cncc5ccccc45)C(=O)C3CC2OC)c(C#N)cc1F. The highest BCUT2D eigenvalue weighted by molar-refractivity contribution is 6.20. The number of fused-ring (bicyclic) bond motifs is 2. The van der Waals surface area contributed by atoms with E-state index in [1.54, 1.807) is 13.3 Å². The van der Waals surface area contributed by atoms with Crippen LogP contribution >= 0.6 is 0 Å². The van der Waals surface area contributed by atoms with Crippen molar-refractivity contribution in [2.75, 3.05) is 19.1 Å². The number of methoxy groups -OCH3 is 2. The molecule has 2 fully saturated rings. The highest BCUT2D eigenvalue weighted by atomic mass is 19.1. The van der Waals surface area contributed by atoms with Crippen LogP contribution in [0.5, 0.6) is 5.75 Å². The molecule has 35 heavy (non-hydrogen) atoms. The molecule has 1 saturated carbocycles. The molecule has 0 spiro atoms. The summed E-state index contributed by atoms with van der Waals surface area (Å²) in [5.41, 5.74) is 1.17. The molecule has 0 radical (unpaired) electrons. The van der Waals surface area contributed by atoms with Crippen molar-refractivity contribution in [2.24, 2.45) is 5.92 Å². The number of nitrogens with one attached hydrogen (secondary N) is 1.